The average Bonchev–Trinajstić information content (AvgIpc) is 2.36. The van der Waals surface area contributed by atoms with Crippen LogP contribution in [-0.2, 0) is 6.42 Å². The van der Waals surface area contributed by atoms with Gasteiger partial charge in [0.2, 0.25) is 0 Å². The summed E-state index contributed by atoms with van der Waals surface area (Å²) >= 11 is 5.29. The molecule has 0 amide bonds. The van der Waals surface area contributed by atoms with Crippen LogP contribution in [0.25, 0.3) is 0 Å². The number of hydrogen-bond donors (Lipinski definition) is 1. The van der Waals surface area contributed by atoms with E-state index >= 15 is 0 Å². The molecule has 0 unspecified atom stereocenters. The monoisotopic (exact) mass is 169 g/mol. The van der Waals surface area contributed by atoms with Gasteiger partial charge in [-0.15, -0.1) is 6.58 Å². The highest BCUT2D eigenvalue weighted by Crippen LogP contribution is 2.10. The first-order valence-electron chi connectivity index (χ1n) is 3.22. The zero-order valence-electron chi connectivity index (χ0n) is 5.93. The van der Waals surface area contributed by atoms with Gasteiger partial charge in [0, 0.05) is 18.3 Å². The number of hydrogen-bond acceptors (Lipinski definition) is 1. The zero-order chi connectivity index (χ0) is 8.27. The van der Waals surface area contributed by atoms with Crippen LogP contribution in [0.5, 0.6) is 0 Å². The first-order chi connectivity index (χ1) is 5.25. The fourth-order valence-corrected chi connectivity index (χ4v) is 1.08. The van der Waals surface area contributed by atoms with E-state index < -0.39 is 5.24 Å². The van der Waals surface area contributed by atoms with Crippen molar-refractivity contribution < 1.29 is 4.79 Å². The van der Waals surface area contributed by atoms with Crippen molar-refractivity contribution >= 4 is 16.8 Å². The van der Waals surface area contributed by atoms with Gasteiger partial charge in [0.05, 0.1) is 5.56 Å². The normalized spacial score (nSPS) is 9.55. The molecule has 0 fully saturated rings. The molecule has 3 heteroatoms. The second kappa shape index (κ2) is 3.39. The lowest BCUT2D eigenvalue weighted by Gasteiger charge is -1.93. The van der Waals surface area contributed by atoms with Crippen molar-refractivity contribution in [1.82, 2.24) is 4.98 Å². The third-order valence-electron chi connectivity index (χ3n) is 1.39. The van der Waals surface area contributed by atoms with Crippen LogP contribution in [-0.4, -0.2) is 10.2 Å². The van der Waals surface area contributed by atoms with E-state index in [9.17, 15) is 4.79 Å². The number of H-pyrrole nitrogens is 1. The molecule has 0 bridgehead atoms. The minimum atomic E-state index is -0.428. The summed E-state index contributed by atoms with van der Waals surface area (Å²) in [4.78, 5) is 13.6. The minimum absolute atomic E-state index is 0.428. The van der Waals surface area contributed by atoms with Gasteiger partial charge in [-0.05, 0) is 17.7 Å². The average molecular weight is 170 g/mol. The minimum Gasteiger partial charge on any atom is -0.364 e. The predicted octanol–water partition coefficient (Wildman–Crippen LogP) is 2.12. The van der Waals surface area contributed by atoms with Crippen LogP contribution in [0.15, 0.2) is 24.9 Å². The van der Waals surface area contributed by atoms with Gasteiger partial charge in [0.15, 0.2) is 0 Å². The third kappa shape index (κ3) is 1.71. The maximum Gasteiger partial charge on any atom is 0.254 e. The zero-order valence-corrected chi connectivity index (χ0v) is 6.69. The van der Waals surface area contributed by atoms with Crippen molar-refractivity contribution in [2.24, 2.45) is 0 Å². The predicted molar refractivity (Wildman–Crippen MR) is 44.9 cm³/mol. The molecule has 2 nitrogen and oxygen atoms in total. The van der Waals surface area contributed by atoms with Crippen molar-refractivity contribution in [3.8, 4) is 0 Å². The second-order valence-corrected chi connectivity index (χ2v) is 2.48. The summed E-state index contributed by atoms with van der Waals surface area (Å²) in [5, 5.41) is -0.428. The number of halogens is 1. The Bertz CT molecular complexity index is 277. The molecular formula is C8H8ClNO. The Kier molecular flexibility index (Phi) is 2.49. The lowest BCUT2D eigenvalue weighted by molar-refractivity contribution is 0.108. The Morgan fingerprint density at radius 1 is 1.82 bits per heavy atom. The molecule has 1 rings (SSSR count). The number of rotatable bonds is 3. The highest BCUT2D eigenvalue weighted by Gasteiger charge is 2.07. The fraction of sp³-hybridized carbons (Fsp3) is 0.125. The summed E-state index contributed by atoms with van der Waals surface area (Å²) in [5.41, 5.74) is 1.35. The van der Waals surface area contributed by atoms with Crippen LogP contribution in [0.1, 0.15) is 16.1 Å². The molecule has 0 atom stereocenters. The van der Waals surface area contributed by atoms with Crippen LogP contribution in [0.4, 0.5) is 0 Å². The Morgan fingerprint density at radius 3 is 3.09 bits per heavy atom. The molecule has 1 aromatic rings. The van der Waals surface area contributed by atoms with Crippen LogP contribution < -0.4 is 0 Å². The molecule has 0 aliphatic rings. The van der Waals surface area contributed by atoms with Crippen molar-refractivity contribution in [3.05, 3.63) is 36.2 Å². The number of allylic oxidation sites excluding steroid dienone is 1. The van der Waals surface area contributed by atoms with E-state index in [2.05, 4.69) is 11.6 Å². The number of carbonyl (C=O) groups excluding carboxylic acids is 1. The molecule has 0 aliphatic heterocycles. The van der Waals surface area contributed by atoms with Gasteiger partial charge in [-0.1, -0.05) is 6.08 Å². The second-order valence-electron chi connectivity index (χ2n) is 2.14. The Balaban J connectivity index is 2.95. The van der Waals surface area contributed by atoms with Gasteiger partial charge in [0.25, 0.3) is 5.24 Å². The van der Waals surface area contributed by atoms with Gasteiger partial charge in [-0.3, -0.25) is 4.79 Å². The lowest BCUT2D eigenvalue weighted by Crippen LogP contribution is -1.92. The molecule has 58 valence electrons. The molecule has 11 heavy (non-hydrogen) atoms. The van der Waals surface area contributed by atoms with E-state index in [1.54, 1.807) is 18.3 Å². The van der Waals surface area contributed by atoms with Crippen LogP contribution in [0.2, 0.25) is 0 Å². The first-order valence-corrected chi connectivity index (χ1v) is 3.60. The molecule has 0 spiro atoms. The lowest BCUT2D eigenvalue weighted by atomic mass is 10.2. The topological polar surface area (TPSA) is 32.9 Å². The van der Waals surface area contributed by atoms with Gasteiger partial charge < -0.3 is 4.98 Å². The summed E-state index contributed by atoms with van der Waals surface area (Å²) < 4.78 is 0. The summed E-state index contributed by atoms with van der Waals surface area (Å²) in [7, 11) is 0. The largest absolute Gasteiger partial charge is 0.364 e. The van der Waals surface area contributed by atoms with Crippen molar-refractivity contribution in [1.29, 1.82) is 0 Å². The van der Waals surface area contributed by atoms with Gasteiger partial charge in [0.1, 0.15) is 0 Å². The highest BCUT2D eigenvalue weighted by molar-refractivity contribution is 6.67. The number of carbonyl (C=O) groups is 1. The first kappa shape index (κ1) is 8.08. The number of aromatic nitrogens is 1. The van der Waals surface area contributed by atoms with E-state index in [4.69, 9.17) is 11.6 Å². The van der Waals surface area contributed by atoms with Crippen LogP contribution in [0, 0.1) is 0 Å². The Hall–Kier alpha value is -1.02. The van der Waals surface area contributed by atoms with Crippen molar-refractivity contribution in [2.75, 3.05) is 0 Å². The smallest absolute Gasteiger partial charge is 0.254 e. The van der Waals surface area contributed by atoms with E-state index in [0.29, 0.717) is 12.0 Å². The van der Waals surface area contributed by atoms with Gasteiger partial charge in [-0.25, -0.2) is 0 Å². The van der Waals surface area contributed by atoms with E-state index in [1.165, 1.54) is 0 Å². The maximum absolute atomic E-state index is 10.7. The summed E-state index contributed by atoms with van der Waals surface area (Å²) in [6.07, 6.45) is 4.05. The van der Waals surface area contributed by atoms with Crippen molar-refractivity contribution in [2.45, 2.75) is 6.42 Å². The van der Waals surface area contributed by atoms with Crippen molar-refractivity contribution in [3.63, 3.8) is 0 Å². The molecular weight excluding hydrogens is 162 g/mol. The Labute approximate surface area is 69.9 Å². The maximum atomic E-state index is 10.7. The van der Waals surface area contributed by atoms with E-state index in [1.807, 2.05) is 0 Å². The third-order valence-corrected chi connectivity index (χ3v) is 1.60. The molecule has 1 aromatic heterocycles. The van der Waals surface area contributed by atoms with Crippen LogP contribution >= 0.6 is 11.6 Å². The summed E-state index contributed by atoms with van der Waals surface area (Å²) in [6.45, 7) is 3.56. The highest BCUT2D eigenvalue weighted by atomic mass is 35.5. The van der Waals surface area contributed by atoms with E-state index in [0.717, 1.165) is 5.69 Å². The molecule has 0 aromatic carbocycles. The number of aromatic amines is 1. The molecule has 0 radical (unpaired) electrons. The molecule has 1 N–H and O–H groups in total. The molecule has 0 saturated carbocycles. The molecule has 0 saturated heterocycles. The molecule has 1 heterocycles. The Morgan fingerprint density at radius 2 is 2.55 bits per heavy atom. The summed E-state index contributed by atoms with van der Waals surface area (Å²) in [5.74, 6) is 0. The van der Waals surface area contributed by atoms with Crippen LogP contribution in [0.3, 0.4) is 0 Å². The molecule has 0 aliphatic carbocycles. The van der Waals surface area contributed by atoms with E-state index in [-0.39, 0.29) is 0 Å². The number of nitrogens with one attached hydrogen (secondary N) is 1. The standard InChI is InChI=1S/C8H8ClNO/c1-2-3-7-6(8(9)11)4-5-10-7/h2,4-5,10H,1,3H2. The fourth-order valence-electron chi connectivity index (χ4n) is 0.901. The summed E-state index contributed by atoms with van der Waals surface area (Å²) in [6, 6.07) is 1.66. The van der Waals surface area contributed by atoms with Gasteiger partial charge >= 0.3 is 0 Å². The van der Waals surface area contributed by atoms with Gasteiger partial charge in [-0.2, -0.15) is 0 Å². The SMILES string of the molecule is C=CCc1[nH]ccc1C(=O)Cl. The quantitative estimate of drug-likeness (QED) is 0.546.